The maximum absolute atomic E-state index is 12.0. The third kappa shape index (κ3) is 4.62. The summed E-state index contributed by atoms with van der Waals surface area (Å²) in [7, 11) is -3.67. The smallest absolute Gasteiger partial charge is 0.243 e. The van der Waals surface area contributed by atoms with Crippen LogP contribution in [-0.2, 0) is 19.6 Å². The van der Waals surface area contributed by atoms with Gasteiger partial charge in [0.2, 0.25) is 15.9 Å². The van der Waals surface area contributed by atoms with Crippen LogP contribution in [0, 0.1) is 18.3 Å². The van der Waals surface area contributed by atoms with E-state index in [0.717, 1.165) is 0 Å². The van der Waals surface area contributed by atoms with E-state index < -0.39 is 15.9 Å². The molecule has 0 aliphatic carbocycles. The average molecular weight is 297 g/mol. The molecule has 1 rings (SSSR count). The molecule has 0 saturated carbocycles. The fourth-order valence-electron chi connectivity index (χ4n) is 1.52. The molecule has 0 atom stereocenters. The third-order valence-corrected chi connectivity index (χ3v) is 4.00. The predicted octanol–water partition coefficient (Wildman–Crippen LogP) is -0.353. The highest BCUT2D eigenvalue weighted by Gasteiger charge is 2.16. The number of carbonyl (C=O) groups excluding carboxylic acids is 1. The molecule has 0 aliphatic heterocycles. The number of ether oxygens (including phenoxy) is 1. The molecule has 0 heterocycles. The second-order valence-corrected chi connectivity index (χ2v) is 5.74. The summed E-state index contributed by atoms with van der Waals surface area (Å²) in [5, 5.41) is 8.73. The van der Waals surface area contributed by atoms with Crippen LogP contribution in [0.4, 0.5) is 0 Å². The minimum absolute atomic E-state index is 0.0229. The van der Waals surface area contributed by atoms with Crippen molar-refractivity contribution in [3.63, 3.8) is 0 Å². The van der Waals surface area contributed by atoms with Crippen LogP contribution in [0.5, 0.6) is 0 Å². The highest BCUT2D eigenvalue weighted by atomic mass is 32.2. The van der Waals surface area contributed by atoms with E-state index in [2.05, 4.69) is 4.72 Å². The predicted molar refractivity (Wildman–Crippen MR) is 71.1 cm³/mol. The molecule has 108 valence electrons. The van der Waals surface area contributed by atoms with Gasteiger partial charge >= 0.3 is 0 Å². The van der Waals surface area contributed by atoms with E-state index in [1.165, 1.54) is 18.2 Å². The Hall–Kier alpha value is -1.95. The van der Waals surface area contributed by atoms with Gasteiger partial charge in [0.05, 0.1) is 23.1 Å². The molecule has 3 N–H and O–H groups in total. The zero-order valence-corrected chi connectivity index (χ0v) is 11.7. The summed E-state index contributed by atoms with van der Waals surface area (Å²) in [6, 6.07) is 6.25. The van der Waals surface area contributed by atoms with E-state index in [0.29, 0.717) is 11.1 Å². The number of aryl methyl sites for hydroxylation is 1. The molecule has 0 unspecified atom stereocenters. The van der Waals surface area contributed by atoms with Gasteiger partial charge in [-0.05, 0) is 30.7 Å². The number of hydrogen-bond acceptors (Lipinski definition) is 5. The maximum atomic E-state index is 12.0. The molecule has 0 aromatic heterocycles. The number of primary amides is 1. The first-order chi connectivity index (χ1) is 9.36. The fraction of sp³-hybridized carbons (Fsp3) is 0.333. The van der Waals surface area contributed by atoms with Crippen LogP contribution < -0.4 is 10.5 Å². The molecule has 0 bridgehead atoms. The normalized spacial score (nSPS) is 11.0. The topological polar surface area (TPSA) is 122 Å². The van der Waals surface area contributed by atoms with Crippen molar-refractivity contribution in [1.29, 1.82) is 5.26 Å². The van der Waals surface area contributed by atoms with Crippen molar-refractivity contribution in [2.45, 2.75) is 11.8 Å². The average Bonchev–Trinajstić information content (AvgIpc) is 2.37. The van der Waals surface area contributed by atoms with Crippen molar-refractivity contribution in [2.24, 2.45) is 5.73 Å². The second kappa shape index (κ2) is 7.00. The Kier molecular flexibility index (Phi) is 5.64. The van der Waals surface area contributed by atoms with Crippen LogP contribution >= 0.6 is 0 Å². The van der Waals surface area contributed by atoms with Gasteiger partial charge in [-0.2, -0.15) is 5.26 Å². The number of nitrogens with one attached hydrogen (secondary N) is 1. The molecule has 0 aliphatic rings. The summed E-state index contributed by atoms with van der Waals surface area (Å²) in [6.07, 6.45) is 0. The molecule has 7 nitrogen and oxygen atoms in total. The number of nitrogens with two attached hydrogens (primary N) is 1. The number of sulfonamides is 1. The molecule has 1 amide bonds. The van der Waals surface area contributed by atoms with E-state index >= 15 is 0 Å². The van der Waals surface area contributed by atoms with Gasteiger partial charge in [-0.25, -0.2) is 13.1 Å². The Morgan fingerprint density at radius 3 is 2.75 bits per heavy atom. The van der Waals surface area contributed by atoms with Gasteiger partial charge in [0.25, 0.3) is 0 Å². The Morgan fingerprint density at radius 1 is 1.50 bits per heavy atom. The first-order valence-electron chi connectivity index (χ1n) is 5.73. The van der Waals surface area contributed by atoms with Crippen LogP contribution in [0.25, 0.3) is 0 Å². The van der Waals surface area contributed by atoms with Gasteiger partial charge in [-0.15, -0.1) is 0 Å². The number of carbonyl (C=O) groups is 1. The molecule has 1 aromatic carbocycles. The summed E-state index contributed by atoms with van der Waals surface area (Å²) in [4.78, 5) is 10.5. The lowest BCUT2D eigenvalue weighted by atomic mass is 10.2. The fourth-order valence-corrected chi connectivity index (χ4v) is 2.76. The second-order valence-electron chi connectivity index (χ2n) is 4.01. The molecule has 0 spiro atoms. The minimum atomic E-state index is -3.67. The molecule has 8 heteroatoms. The molecule has 0 radical (unpaired) electrons. The van der Waals surface area contributed by atoms with Gasteiger partial charge in [-0.1, -0.05) is 0 Å². The summed E-state index contributed by atoms with van der Waals surface area (Å²) in [6.45, 7) is 1.42. The Balaban J connectivity index is 2.65. The van der Waals surface area contributed by atoms with Crippen LogP contribution in [-0.4, -0.2) is 34.1 Å². The lowest BCUT2D eigenvalue weighted by molar-refractivity contribution is -0.122. The number of rotatable bonds is 7. The van der Waals surface area contributed by atoms with Gasteiger partial charge in [0.1, 0.15) is 6.61 Å². The number of hydrogen-bond donors (Lipinski definition) is 2. The quantitative estimate of drug-likeness (QED) is 0.666. The van der Waals surface area contributed by atoms with Crippen molar-refractivity contribution in [2.75, 3.05) is 19.8 Å². The molecular formula is C12H15N3O4S. The van der Waals surface area contributed by atoms with Gasteiger partial charge in [-0.3, -0.25) is 4.79 Å². The Bertz CT molecular complexity index is 635. The number of amides is 1. The Morgan fingerprint density at radius 2 is 2.20 bits per heavy atom. The van der Waals surface area contributed by atoms with Crippen LogP contribution in [0.15, 0.2) is 23.1 Å². The molecule has 0 fully saturated rings. The zero-order chi connectivity index (χ0) is 15.2. The first-order valence-corrected chi connectivity index (χ1v) is 7.21. The van der Waals surface area contributed by atoms with Crippen molar-refractivity contribution < 1.29 is 17.9 Å². The molecule has 0 saturated heterocycles. The van der Waals surface area contributed by atoms with Gasteiger partial charge in [0.15, 0.2) is 0 Å². The standard InChI is InChI=1S/C12H15N3O4S/c1-9-6-10(7-13)2-3-11(9)20(17,18)15-4-5-19-8-12(14)16/h2-3,6,15H,4-5,8H2,1H3,(H2,14,16). The lowest BCUT2D eigenvalue weighted by Crippen LogP contribution is -2.29. The van der Waals surface area contributed by atoms with E-state index in [1.807, 2.05) is 6.07 Å². The Labute approximate surface area is 117 Å². The third-order valence-electron chi connectivity index (χ3n) is 2.38. The summed E-state index contributed by atoms with van der Waals surface area (Å²) in [5.74, 6) is -0.615. The van der Waals surface area contributed by atoms with E-state index in [1.54, 1.807) is 6.92 Å². The minimum Gasteiger partial charge on any atom is -0.370 e. The van der Waals surface area contributed by atoms with Crippen molar-refractivity contribution in [3.8, 4) is 6.07 Å². The lowest BCUT2D eigenvalue weighted by Gasteiger charge is -2.09. The highest BCUT2D eigenvalue weighted by molar-refractivity contribution is 7.89. The van der Waals surface area contributed by atoms with Crippen LogP contribution in [0.1, 0.15) is 11.1 Å². The number of nitriles is 1. The van der Waals surface area contributed by atoms with E-state index in [-0.39, 0.29) is 24.7 Å². The van der Waals surface area contributed by atoms with Crippen molar-refractivity contribution in [1.82, 2.24) is 4.72 Å². The number of nitrogens with zero attached hydrogens (tertiary/aromatic N) is 1. The van der Waals surface area contributed by atoms with Gasteiger partial charge < -0.3 is 10.5 Å². The SMILES string of the molecule is Cc1cc(C#N)ccc1S(=O)(=O)NCCOCC(N)=O. The summed E-state index contributed by atoms with van der Waals surface area (Å²) < 4.78 is 31.2. The summed E-state index contributed by atoms with van der Waals surface area (Å²) >= 11 is 0. The molecule has 20 heavy (non-hydrogen) atoms. The highest BCUT2D eigenvalue weighted by Crippen LogP contribution is 2.16. The van der Waals surface area contributed by atoms with Crippen LogP contribution in [0.3, 0.4) is 0 Å². The van der Waals surface area contributed by atoms with E-state index in [9.17, 15) is 13.2 Å². The van der Waals surface area contributed by atoms with E-state index in [4.69, 9.17) is 15.7 Å². The first kappa shape index (κ1) is 16.1. The zero-order valence-electron chi connectivity index (χ0n) is 10.9. The largest absolute Gasteiger partial charge is 0.370 e. The monoisotopic (exact) mass is 297 g/mol. The van der Waals surface area contributed by atoms with Crippen molar-refractivity contribution >= 4 is 15.9 Å². The maximum Gasteiger partial charge on any atom is 0.243 e. The summed E-state index contributed by atoms with van der Waals surface area (Å²) in [5.41, 5.74) is 5.75. The molecule has 1 aromatic rings. The number of benzene rings is 1. The van der Waals surface area contributed by atoms with Crippen molar-refractivity contribution in [3.05, 3.63) is 29.3 Å². The van der Waals surface area contributed by atoms with Gasteiger partial charge in [0, 0.05) is 6.54 Å². The van der Waals surface area contributed by atoms with Crippen LogP contribution in [0.2, 0.25) is 0 Å². The molecular weight excluding hydrogens is 282 g/mol.